The Balaban J connectivity index is 1.29. The molecule has 2 aliphatic heterocycles. The summed E-state index contributed by atoms with van der Waals surface area (Å²) in [5, 5.41) is 10.7. The fraction of sp³-hybridized carbons (Fsp3) is 0.435. The van der Waals surface area contributed by atoms with E-state index in [0.717, 1.165) is 62.5 Å². The van der Waals surface area contributed by atoms with Crippen LogP contribution in [0.2, 0.25) is 0 Å². The van der Waals surface area contributed by atoms with Crippen LogP contribution in [-0.2, 0) is 11.2 Å². The molecule has 5 nitrogen and oxygen atoms in total. The number of benzene rings is 2. The van der Waals surface area contributed by atoms with E-state index in [0.29, 0.717) is 12.1 Å². The molecule has 2 heterocycles. The molecule has 4 rings (SSSR count). The smallest absolute Gasteiger partial charge is 0.223 e. The highest BCUT2D eigenvalue weighted by atomic mass is 19.1. The van der Waals surface area contributed by atoms with Gasteiger partial charge in [0, 0.05) is 51.9 Å². The highest BCUT2D eigenvalue weighted by Crippen LogP contribution is 2.31. The maximum Gasteiger partial charge on any atom is 0.223 e. The van der Waals surface area contributed by atoms with E-state index in [4.69, 9.17) is 0 Å². The highest BCUT2D eigenvalue weighted by molar-refractivity contribution is 5.93. The van der Waals surface area contributed by atoms with Crippen molar-refractivity contribution in [3.8, 4) is 0 Å². The van der Waals surface area contributed by atoms with Gasteiger partial charge in [-0.05, 0) is 42.2 Å². The fourth-order valence-corrected chi connectivity index (χ4v) is 4.35. The Hall–Kier alpha value is -2.44. The Morgan fingerprint density at radius 2 is 1.83 bits per heavy atom. The largest absolute Gasteiger partial charge is 0.388 e. The van der Waals surface area contributed by atoms with Gasteiger partial charge in [0.15, 0.2) is 0 Å². The molecule has 0 aromatic heterocycles. The summed E-state index contributed by atoms with van der Waals surface area (Å²) in [7, 11) is 0. The van der Waals surface area contributed by atoms with Crippen molar-refractivity contribution < 1.29 is 14.3 Å². The predicted octanol–water partition coefficient (Wildman–Crippen LogP) is 2.98. The third-order valence-corrected chi connectivity index (χ3v) is 6.05. The minimum Gasteiger partial charge on any atom is -0.388 e. The summed E-state index contributed by atoms with van der Waals surface area (Å²) in [6, 6.07) is 12.8. The SMILES string of the molecule is CC(=O)N1CCc2cc(C(O)CCN3CCN(c4ccccc4F)CC3)ccc21. The van der Waals surface area contributed by atoms with Gasteiger partial charge in [-0.3, -0.25) is 9.69 Å². The molecule has 0 saturated carbocycles. The first kappa shape index (κ1) is 19.9. The van der Waals surface area contributed by atoms with Gasteiger partial charge in [-0.25, -0.2) is 4.39 Å². The third-order valence-electron chi connectivity index (χ3n) is 6.05. The van der Waals surface area contributed by atoms with Gasteiger partial charge in [0.1, 0.15) is 5.82 Å². The van der Waals surface area contributed by atoms with Gasteiger partial charge in [-0.1, -0.05) is 24.3 Å². The van der Waals surface area contributed by atoms with Crippen LogP contribution in [0.3, 0.4) is 0 Å². The summed E-state index contributed by atoms with van der Waals surface area (Å²) in [5.74, 6) is -0.108. The molecule has 1 atom stereocenters. The van der Waals surface area contributed by atoms with Crippen LogP contribution in [0.25, 0.3) is 0 Å². The van der Waals surface area contributed by atoms with Crippen molar-refractivity contribution in [3.63, 3.8) is 0 Å². The van der Waals surface area contributed by atoms with Crippen LogP contribution in [0.5, 0.6) is 0 Å². The number of hydrogen-bond donors (Lipinski definition) is 1. The number of rotatable bonds is 5. The monoisotopic (exact) mass is 397 g/mol. The van der Waals surface area contributed by atoms with Crippen LogP contribution in [0.4, 0.5) is 15.8 Å². The number of piperazine rings is 1. The fourth-order valence-electron chi connectivity index (χ4n) is 4.35. The molecule has 2 aromatic rings. The predicted molar refractivity (Wildman–Crippen MR) is 113 cm³/mol. The standard InChI is InChI=1S/C23H28FN3O2/c1-17(28)27-11-8-18-16-19(6-7-21(18)27)23(29)9-10-25-12-14-26(15-13-25)22-5-3-2-4-20(22)24/h2-7,16,23,29H,8-15H2,1H3. The molecule has 1 fully saturated rings. The minimum atomic E-state index is -0.517. The molecule has 0 spiro atoms. The number of carbonyl (C=O) groups excluding carboxylic acids is 1. The van der Waals surface area contributed by atoms with E-state index in [2.05, 4.69) is 9.80 Å². The van der Waals surface area contributed by atoms with Crippen molar-refractivity contribution in [2.75, 3.05) is 49.1 Å². The first-order valence-electron chi connectivity index (χ1n) is 10.3. The van der Waals surface area contributed by atoms with Gasteiger partial charge in [-0.2, -0.15) is 0 Å². The van der Waals surface area contributed by atoms with Crippen molar-refractivity contribution >= 4 is 17.3 Å². The second-order valence-electron chi connectivity index (χ2n) is 7.89. The number of para-hydroxylation sites is 1. The van der Waals surface area contributed by atoms with E-state index in [1.54, 1.807) is 17.9 Å². The summed E-state index contributed by atoms with van der Waals surface area (Å²) in [4.78, 5) is 17.9. The van der Waals surface area contributed by atoms with Gasteiger partial charge in [-0.15, -0.1) is 0 Å². The number of amides is 1. The van der Waals surface area contributed by atoms with Crippen LogP contribution in [0.1, 0.15) is 30.6 Å². The lowest BCUT2D eigenvalue weighted by Crippen LogP contribution is -2.47. The van der Waals surface area contributed by atoms with Gasteiger partial charge in [0.05, 0.1) is 11.8 Å². The van der Waals surface area contributed by atoms with Crippen LogP contribution >= 0.6 is 0 Å². The van der Waals surface area contributed by atoms with E-state index in [1.807, 2.05) is 30.3 Å². The molecule has 6 heteroatoms. The van der Waals surface area contributed by atoms with Crippen LogP contribution in [-0.4, -0.2) is 55.2 Å². The zero-order valence-corrected chi connectivity index (χ0v) is 16.9. The second kappa shape index (κ2) is 8.51. The number of hydrogen-bond acceptors (Lipinski definition) is 4. The van der Waals surface area contributed by atoms with Crippen LogP contribution in [0, 0.1) is 5.82 Å². The zero-order valence-electron chi connectivity index (χ0n) is 16.9. The maximum atomic E-state index is 14.0. The lowest BCUT2D eigenvalue weighted by atomic mass is 10.0. The molecule has 1 saturated heterocycles. The van der Waals surface area contributed by atoms with Gasteiger partial charge in [0.2, 0.25) is 5.91 Å². The van der Waals surface area contributed by atoms with E-state index < -0.39 is 6.10 Å². The van der Waals surface area contributed by atoms with E-state index >= 15 is 0 Å². The number of anilines is 2. The van der Waals surface area contributed by atoms with Gasteiger partial charge >= 0.3 is 0 Å². The molecule has 0 bridgehead atoms. The Morgan fingerprint density at radius 3 is 2.55 bits per heavy atom. The Kier molecular flexibility index (Phi) is 5.83. The molecule has 1 amide bonds. The summed E-state index contributed by atoms with van der Waals surface area (Å²) >= 11 is 0. The summed E-state index contributed by atoms with van der Waals surface area (Å²) < 4.78 is 14.0. The van der Waals surface area contributed by atoms with Crippen LogP contribution < -0.4 is 9.80 Å². The Labute approximate surface area is 171 Å². The average molecular weight is 397 g/mol. The quantitative estimate of drug-likeness (QED) is 0.843. The first-order chi connectivity index (χ1) is 14.0. The summed E-state index contributed by atoms with van der Waals surface area (Å²) in [5.41, 5.74) is 3.69. The summed E-state index contributed by atoms with van der Waals surface area (Å²) in [6.07, 6.45) is 0.985. The molecule has 1 N–H and O–H groups in total. The molecule has 2 aromatic carbocycles. The molecular formula is C23H28FN3O2. The number of carbonyl (C=O) groups is 1. The van der Waals surface area contributed by atoms with Gasteiger partial charge < -0.3 is 14.9 Å². The molecule has 1 unspecified atom stereocenters. The van der Waals surface area contributed by atoms with Crippen molar-refractivity contribution in [3.05, 3.63) is 59.4 Å². The molecule has 0 aliphatic carbocycles. The molecule has 0 radical (unpaired) electrons. The normalized spacial score (nSPS) is 18.0. The van der Waals surface area contributed by atoms with E-state index in [-0.39, 0.29) is 11.7 Å². The maximum absolute atomic E-state index is 14.0. The van der Waals surface area contributed by atoms with Crippen molar-refractivity contribution in [1.29, 1.82) is 0 Å². The number of nitrogens with zero attached hydrogens (tertiary/aromatic N) is 3. The van der Waals surface area contributed by atoms with Crippen LogP contribution in [0.15, 0.2) is 42.5 Å². The summed E-state index contributed by atoms with van der Waals surface area (Å²) in [6.45, 7) is 6.41. The minimum absolute atomic E-state index is 0.0616. The molecule has 154 valence electrons. The van der Waals surface area contributed by atoms with Gasteiger partial charge in [0.25, 0.3) is 0 Å². The van der Waals surface area contributed by atoms with E-state index in [1.165, 1.54) is 6.07 Å². The highest BCUT2D eigenvalue weighted by Gasteiger charge is 2.24. The zero-order chi connectivity index (χ0) is 20.4. The average Bonchev–Trinajstić information content (AvgIpc) is 3.16. The third kappa shape index (κ3) is 4.28. The lowest BCUT2D eigenvalue weighted by Gasteiger charge is -2.36. The number of halogens is 1. The first-order valence-corrected chi connectivity index (χ1v) is 10.3. The molecular weight excluding hydrogens is 369 g/mol. The number of aliphatic hydroxyl groups is 1. The second-order valence-corrected chi connectivity index (χ2v) is 7.89. The van der Waals surface area contributed by atoms with Crippen molar-refractivity contribution in [1.82, 2.24) is 4.90 Å². The number of aliphatic hydroxyl groups excluding tert-OH is 1. The van der Waals surface area contributed by atoms with Crippen molar-refractivity contribution in [2.45, 2.75) is 25.9 Å². The Morgan fingerprint density at radius 1 is 1.07 bits per heavy atom. The Bertz CT molecular complexity index is 880. The molecule has 2 aliphatic rings. The topological polar surface area (TPSA) is 47.0 Å². The van der Waals surface area contributed by atoms with E-state index in [9.17, 15) is 14.3 Å². The lowest BCUT2D eigenvalue weighted by molar-refractivity contribution is -0.116. The number of fused-ring (bicyclic) bond motifs is 1. The molecule has 29 heavy (non-hydrogen) atoms. The van der Waals surface area contributed by atoms with Crippen molar-refractivity contribution in [2.24, 2.45) is 0 Å².